The Morgan fingerprint density at radius 2 is 2.19 bits per heavy atom. The van der Waals surface area contributed by atoms with Gasteiger partial charge in [0.15, 0.2) is 0 Å². The van der Waals surface area contributed by atoms with Crippen LogP contribution in [0.4, 0.5) is 4.39 Å². The largest absolute Gasteiger partial charge is 0.466 e. The highest BCUT2D eigenvalue weighted by Gasteiger charge is 2.19. The summed E-state index contributed by atoms with van der Waals surface area (Å²) in [4.78, 5) is 11.5. The van der Waals surface area contributed by atoms with Crippen molar-refractivity contribution in [3.63, 3.8) is 0 Å². The summed E-state index contributed by atoms with van der Waals surface area (Å²) in [6.07, 6.45) is 0.280. The third-order valence-electron chi connectivity index (χ3n) is 2.33. The van der Waals surface area contributed by atoms with Crippen LogP contribution in [0.25, 0.3) is 0 Å². The summed E-state index contributed by atoms with van der Waals surface area (Å²) in [5.74, 6) is -1.16. The van der Waals surface area contributed by atoms with E-state index < -0.39 is 5.92 Å². The van der Waals surface area contributed by atoms with Gasteiger partial charge in [0, 0.05) is 6.54 Å². The Bertz CT molecular complexity index is 355. The molecule has 88 valence electrons. The van der Waals surface area contributed by atoms with Crippen LogP contribution in [-0.2, 0) is 16.0 Å². The number of rotatable bonds is 5. The van der Waals surface area contributed by atoms with Gasteiger partial charge in [-0.25, -0.2) is 4.39 Å². The number of hydrogen-bond acceptors (Lipinski definition) is 3. The van der Waals surface area contributed by atoms with Gasteiger partial charge in [-0.1, -0.05) is 18.2 Å². The van der Waals surface area contributed by atoms with E-state index in [2.05, 4.69) is 0 Å². The maximum Gasteiger partial charge on any atom is 0.310 e. The molecule has 0 fully saturated rings. The Hall–Kier alpha value is -1.42. The highest BCUT2D eigenvalue weighted by molar-refractivity contribution is 5.73. The van der Waals surface area contributed by atoms with Crippen molar-refractivity contribution in [2.24, 2.45) is 11.7 Å². The molecule has 1 aromatic rings. The summed E-state index contributed by atoms with van der Waals surface area (Å²) in [5.41, 5.74) is 5.97. The molecule has 0 radical (unpaired) electrons. The number of ether oxygens (including phenoxy) is 1. The normalized spacial score (nSPS) is 12.2. The molecular weight excluding hydrogens is 209 g/mol. The van der Waals surface area contributed by atoms with Gasteiger partial charge in [-0.05, 0) is 25.0 Å². The second-order valence-electron chi connectivity index (χ2n) is 3.48. The highest BCUT2D eigenvalue weighted by Crippen LogP contribution is 2.13. The molecule has 0 saturated heterocycles. The van der Waals surface area contributed by atoms with Crippen LogP contribution in [0.1, 0.15) is 12.5 Å². The van der Waals surface area contributed by atoms with Gasteiger partial charge in [0.05, 0.1) is 12.5 Å². The molecule has 3 nitrogen and oxygen atoms in total. The number of halogens is 1. The van der Waals surface area contributed by atoms with Crippen molar-refractivity contribution in [3.8, 4) is 0 Å². The maximum absolute atomic E-state index is 13.3. The van der Waals surface area contributed by atoms with Crippen LogP contribution in [0, 0.1) is 11.7 Å². The number of hydrogen-bond donors (Lipinski definition) is 1. The minimum absolute atomic E-state index is 0.160. The standard InChI is InChI=1S/C12H16FNO2/c1-2-16-12(15)10(8-14)7-9-5-3-4-6-11(9)13/h3-6,10H,2,7-8,14H2,1H3. The Kier molecular flexibility index (Phi) is 4.92. The van der Waals surface area contributed by atoms with Crippen molar-refractivity contribution < 1.29 is 13.9 Å². The summed E-state index contributed by atoms with van der Waals surface area (Å²) in [6.45, 7) is 2.20. The zero-order valence-corrected chi connectivity index (χ0v) is 9.28. The first-order valence-electron chi connectivity index (χ1n) is 5.29. The molecule has 4 heteroatoms. The molecule has 0 amide bonds. The Balaban J connectivity index is 2.70. The second-order valence-corrected chi connectivity index (χ2v) is 3.48. The van der Waals surface area contributed by atoms with Gasteiger partial charge >= 0.3 is 5.97 Å². The number of benzene rings is 1. The van der Waals surface area contributed by atoms with E-state index in [-0.39, 0.29) is 24.8 Å². The van der Waals surface area contributed by atoms with E-state index in [9.17, 15) is 9.18 Å². The summed E-state index contributed by atoms with van der Waals surface area (Å²) in [7, 11) is 0. The molecule has 0 aliphatic heterocycles. The molecule has 0 aliphatic carbocycles. The van der Waals surface area contributed by atoms with Crippen molar-refractivity contribution in [2.75, 3.05) is 13.2 Å². The van der Waals surface area contributed by atoms with E-state index in [1.54, 1.807) is 25.1 Å². The first kappa shape index (κ1) is 12.6. The average molecular weight is 225 g/mol. The number of carbonyl (C=O) groups excluding carboxylic acids is 1. The van der Waals surface area contributed by atoms with Crippen molar-refractivity contribution in [3.05, 3.63) is 35.6 Å². The molecule has 2 N–H and O–H groups in total. The number of carbonyl (C=O) groups is 1. The van der Waals surface area contributed by atoms with E-state index in [4.69, 9.17) is 10.5 Å². The number of nitrogens with two attached hydrogens (primary N) is 1. The van der Waals surface area contributed by atoms with Gasteiger partial charge in [-0.15, -0.1) is 0 Å². The highest BCUT2D eigenvalue weighted by atomic mass is 19.1. The van der Waals surface area contributed by atoms with Crippen LogP contribution in [-0.4, -0.2) is 19.1 Å². The molecule has 16 heavy (non-hydrogen) atoms. The van der Waals surface area contributed by atoms with Crippen molar-refractivity contribution in [1.29, 1.82) is 0 Å². The molecule has 0 bridgehead atoms. The molecule has 0 aliphatic rings. The lowest BCUT2D eigenvalue weighted by Crippen LogP contribution is -2.28. The average Bonchev–Trinajstić information content (AvgIpc) is 2.28. The fourth-order valence-corrected chi connectivity index (χ4v) is 1.45. The molecule has 0 aromatic heterocycles. The first-order valence-corrected chi connectivity index (χ1v) is 5.29. The zero-order chi connectivity index (χ0) is 12.0. The van der Waals surface area contributed by atoms with Gasteiger partial charge in [0.2, 0.25) is 0 Å². The van der Waals surface area contributed by atoms with Gasteiger partial charge in [-0.2, -0.15) is 0 Å². The summed E-state index contributed by atoms with van der Waals surface area (Å²) >= 11 is 0. The predicted octanol–water partition coefficient (Wildman–Crippen LogP) is 1.51. The third-order valence-corrected chi connectivity index (χ3v) is 2.33. The first-order chi connectivity index (χ1) is 7.69. The van der Waals surface area contributed by atoms with E-state index >= 15 is 0 Å². The third kappa shape index (κ3) is 3.31. The molecule has 1 unspecified atom stereocenters. The van der Waals surface area contributed by atoms with Gasteiger partial charge in [-0.3, -0.25) is 4.79 Å². The summed E-state index contributed by atoms with van der Waals surface area (Å²) < 4.78 is 18.2. The predicted molar refractivity (Wildman–Crippen MR) is 59.3 cm³/mol. The Morgan fingerprint density at radius 1 is 1.50 bits per heavy atom. The summed E-state index contributed by atoms with van der Waals surface area (Å²) in [6, 6.07) is 6.36. The molecule has 1 atom stereocenters. The van der Waals surface area contributed by atoms with Crippen LogP contribution >= 0.6 is 0 Å². The van der Waals surface area contributed by atoms with E-state index in [0.717, 1.165) is 0 Å². The van der Waals surface area contributed by atoms with Crippen LogP contribution < -0.4 is 5.73 Å². The van der Waals surface area contributed by atoms with E-state index in [1.165, 1.54) is 6.07 Å². The fraction of sp³-hybridized carbons (Fsp3) is 0.417. The topological polar surface area (TPSA) is 52.3 Å². The van der Waals surface area contributed by atoms with Gasteiger partial charge < -0.3 is 10.5 Å². The minimum Gasteiger partial charge on any atom is -0.466 e. The van der Waals surface area contributed by atoms with Gasteiger partial charge in [0.25, 0.3) is 0 Å². The quantitative estimate of drug-likeness (QED) is 0.773. The van der Waals surface area contributed by atoms with Crippen LogP contribution in [0.3, 0.4) is 0 Å². The zero-order valence-electron chi connectivity index (χ0n) is 9.28. The summed E-state index contributed by atoms with van der Waals surface area (Å²) in [5, 5.41) is 0. The van der Waals surface area contributed by atoms with Gasteiger partial charge in [0.1, 0.15) is 5.82 Å². The lowest BCUT2D eigenvalue weighted by Gasteiger charge is -2.13. The van der Waals surface area contributed by atoms with Crippen molar-refractivity contribution in [1.82, 2.24) is 0 Å². The smallest absolute Gasteiger partial charge is 0.310 e. The monoisotopic (exact) mass is 225 g/mol. The molecule has 0 heterocycles. The van der Waals surface area contributed by atoms with Crippen molar-refractivity contribution >= 4 is 5.97 Å². The molecular formula is C12H16FNO2. The number of esters is 1. The lowest BCUT2D eigenvalue weighted by molar-refractivity contribution is -0.147. The second kappa shape index (κ2) is 6.23. The van der Waals surface area contributed by atoms with Crippen LogP contribution in [0.15, 0.2) is 24.3 Å². The van der Waals surface area contributed by atoms with Crippen LogP contribution in [0.5, 0.6) is 0 Å². The Labute approximate surface area is 94.4 Å². The lowest BCUT2D eigenvalue weighted by atomic mass is 9.99. The molecule has 0 saturated carbocycles. The molecule has 1 rings (SSSR count). The SMILES string of the molecule is CCOC(=O)C(CN)Cc1ccccc1F. The maximum atomic E-state index is 13.3. The molecule has 0 spiro atoms. The fourth-order valence-electron chi connectivity index (χ4n) is 1.45. The van der Waals surface area contributed by atoms with E-state index in [0.29, 0.717) is 12.2 Å². The van der Waals surface area contributed by atoms with E-state index in [1.807, 2.05) is 0 Å². The molecule has 1 aromatic carbocycles. The Morgan fingerprint density at radius 3 is 2.75 bits per heavy atom. The van der Waals surface area contributed by atoms with Crippen molar-refractivity contribution in [2.45, 2.75) is 13.3 Å². The van der Waals surface area contributed by atoms with Crippen LogP contribution in [0.2, 0.25) is 0 Å². The minimum atomic E-state index is -0.475.